The predicted octanol–water partition coefficient (Wildman–Crippen LogP) is 12.3. The van der Waals surface area contributed by atoms with Crippen LogP contribution >= 0.6 is 7.82 Å². The van der Waals surface area contributed by atoms with Gasteiger partial charge in [0.05, 0.1) is 19.8 Å². The first-order valence-corrected chi connectivity index (χ1v) is 24.4. The molecule has 11 heteroatoms. The summed E-state index contributed by atoms with van der Waals surface area (Å²) in [5.41, 5.74) is 0. The van der Waals surface area contributed by atoms with Crippen LogP contribution in [0.15, 0.2) is 36.5 Å². The van der Waals surface area contributed by atoms with Gasteiger partial charge in [-0.1, -0.05) is 166 Å². The highest BCUT2D eigenvalue weighted by molar-refractivity contribution is 7.47. The molecular weight excluding hydrogens is 743 g/mol. The van der Waals surface area contributed by atoms with E-state index in [4.69, 9.17) is 19.1 Å². The van der Waals surface area contributed by atoms with E-state index in [-0.39, 0.29) is 19.4 Å². The van der Waals surface area contributed by atoms with Crippen molar-refractivity contribution in [2.24, 2.45) is 0 Å². The molecule has 334 valence electrons. The van der Waals surface area contributed by atoms with E-state index in [1.165, 1.54) is 128 Å². The summed E-state index contributed by atoms with van der Waals surface area (Å²) in [6.45, 7) is 2.34. The van der Waals surface area contributed by atoms with Gasteiger partial charge in [-0.25, -0.2) is 4.57 Å². The lowest BCUT2D eigenvalue weighted by molar-refractivity contribution is -0.161. The number of phosphoric ester groups is 1. The second-order valence-corrected chi connectivity index (χ2v) is 16.9. The van der Waals surface area contributed by atoms with Crippen molar-refractivity contribution in [3.63, 3.8) is 0 Å². The first-order chi connectivity index (χ1) is 27.7. The highest BCUT2D eigenvalue weighted by Gasteiger charge is 2.27. The zero-order valence-electron chi connectivity index (χ0n) is 36.3. The molecule has 57 heavy (non-hydrogen) atoms. The molecular formula is C46H85O10P. The number of rotatable bonds is 43. The van der Waals surface area contributed by atoms with Gasteiger partial charge in [-0.05, 0) is 64.2 Å². The van der Waals surface area contributed by atoms with E-state index >= 15 is 0 Å². The highest BCUT2D eigenvalue weighted by Crippen LogP contribution is 2.43. The minimum atomic E-state index is -4.63. The predicted molar refractivity (Wildman–Crippen MR) is 233 cm³/mol. The van der Waals surface area contributed by atoms with Crippen LogP contribution in [-0.4, -0.2) is 65.7 Å². The Morgan fingerprint density at radius 1 is 0.526 bits per heavy atom. The standard InChI is InChI=1S/C46H85O10P/c1-3-5-7-9-11-13-15-17-19-21-23-25-27-29-31-33-35-37-45(49)53-41-44(42-55-57(51,52)54-40-43(48)39-47)56-46(50)38-36-34-32-30-28-26-24-22-20-18-16-14-12-10-8-6-4-2/h13,15,24,26,30,32,43-44,47-48H,3-12,14,16-23,25,27-29,31,33-42H2,1-2H3,(H,51,52)/b15-13+,26-24+,32-30+/t43-,44+/m0/s1. The molecule has 3 atom stereocenters. The van der Waals surface area contributed by atoms with Crippen molar-refractivity contribution in [3.05, 3.63) is 36.5 Å². The van der Waals surface area contributed by atoms with Crippen LogP contribution in [0.4, 0.5) is 0 Å². The van der Waals surface area contributed by atoms with Gasteiger partial charge in [0.15, 0.2) is 6.10 Å². The molecule has 1 unspecified atom stereocenters. The van der Waals surface area contributed by atoms with E-state index in [0.717, 1.165) is 32.1 Å². The van der Waals surface area contributed by atoms with Gasteiger partial charge in [0, 0.05) is 12.8 Å². The van der Waals surface area contributed by atoms with Crippen LogP contribution in [0.2, 0.25) is 0 Å². The van der Waals surface area contributed by atoms with Crippen molar-refractivity contribution in [1.82, 2.24) is 0 Å². The fourth-order valence-electron chi connectivity index (χ4n) is 6.20. The first-order valence-electron chi connectivity index (χ1n) is 22.9. The molecule has 0 aromatic heterocycles. The van der Waals surface area contributed by atoms with Crippen LogP contribution < -0.4 is 0 Å². The zero-order valence-corrected chi connectivity index (χ0v) is 37.2. The number of esters is 2. The van der Waals surface area contributed by atoms with Gasteiger partial charge in [0.2, 0.25) is 0 Å². The third-order valence-electron chi connectivity index (χ3n) is 9.77. The summed E-state index contributed by atoms with van der Waals surface area (Å²) in [6.07, 6.45) is 44.0. The number of carbonyl (C=O) groups is 2. The summed E-state index contributed by atoms with van der Waals surface area (Å²) in [6, 6.07) is 0. The molecule has 0 rings (SSSR count). The Balaban J connectivity index is 4.31. The maximum absolute atomic E-state index is 12.6. The normalized spacial score (nSPS) is 14.1. The molecule has 0 radical (unpaired) electrons. The number of hydrogen-bond acceptors (Lipinski definition) is 9. The Kier molecular flexibility index (Phi) is 41.0. The van der Waals surface area contributed by atoms with Gasteiger partial charge in [0.25, 0.3) is 0 Å². The molecule has 10 nitrogen and oxygen atoms in total. The van der Waals surface area contributed by atoms with E-state index in [2.05, 4.69) is 48.8 Å². The van der Waals surface area contributed by atoms with Crippen molar-refractivity contribution in [2.75, 3.05) is 26.4 Å². The van der Waals surface area contributed by atoms with Gasteiger partial charge in [-0.3, -0.25) is 18.6 Å². The summed E-state index contributed by atoms with van der Waals surface area (Å²) in [5, 5.41) is 18.3. The Labute approximate surface area is 348 Å². The Morgan fingerprint density at radius 2 is 0.930 bits per heavy atom. The molecule has 0 saturated carbocycles. The topological polar surface area (TPSA) is 149 Å². The molecule has 0 fully saturated rings. The third-order valence-corrected chi connectivity index (χ3v) is 10.7. The van der Waals surface area contributed by atoms with Crippen LogP contribution in [0.5, 0.6) is 0 Å². The lowest BCUT2D eigenvalue weighted by Gasteiger charge is -2.20. The molecule has 0 amide bonds. The van der Waals surface area contributed by atoms with Gasteiger partial charge in [0.1, 0.15) is 12.7 Å². The van der Waals surface area contributed by atoms with E-state index in [0.29, 0.717) is 19.3 Å². The van der Waals surface area contributed by atoms with E-state index in [1.54, 1.807) is 0 Å². The van der Waals surface area contributed by atoms with Crippen molar-refractivity contribution in [3.8, 4) is 0 Å². The number of hydrogen-bond donors (Lipinski definition) is 3. The van der Waals surface area contributed by atoms with Crippen molar-refractivity contribution in [2.45, 2.75) is 219 Å². The van der Waals surface area contributed by atoms with E-state index in [1.807, 2.05) is 6.08 Å². The fourth-order valence-corrected chi connectivity index (χ4v) is 6.99. The summed E-state index contributed by atoms with van der Waals surface area (Å²) in [5.74, 6) is -0.976. The van der Waals surface area contributed by atoms with Crippen molar-refractivity contribution >= 4 is 19.8 Å². The maximum Gasteiger partial charge on any atom is 0.472 e. The van der Waals surface area contributed by atoms with Crippen LogP contribution in [0, 0.1) is 0 Å². The number of allylic oxidation sites excluding steroid dienone is 6. The second kappa shape index (κ2) is 42.3. The monoisotopic (exact) mass is 829 g/mol. The third kappa shape index (κ3) is 42.1. The van der Waals surface area contributed by atoms with Gasteiger partial charge in [-0.2, -0.15) is 0 Å². The SMILES string of the molecule is CCCCCC/C=C/CCCCCCCCCCCC(=O)OC[C@H](COP(=O)(O)OC[C@@H](O)CO)OC(=O)CCC/C=C/C/C=C/CCCCCCCCCCC. The molecule has 0 aliphatic heterocycles. The number of aliphatic hydroxyl groups excluding tert-OH is 2. The summed E-state index contributed by atoms with van der Waals surface area (Å²) >= 11 is 0. The largest absolute Gasteiger partial charge is 0.472 e. The summed E-state index contributed by atoms with van der Waals surface area (Å²) < 4.78 is 32.7. The van der Waals surface area contributed by atoms with Gasteiger partial charge >= 0.3 is 19.8 Å². The first kappa shape index (κ1) is 55.2. The molecule has 3 N–H and O–H groups in total. The lowest BCUT2D eigenvalue weighted by Crippen LogP contribution is -2.29. The molecule has 0 aliphatic carbocycles. The summed E-state index contributed by atoms with van der Waals surface area (Å²) in [7, 11) is -4.63. The van der Waals surface area contributed by atoms with Gasteiger partial charge in [-0.15, -0.1) is 0 Å². The second-order valence-electron chi connectivity index (χ2n) is 15.4. The summed E-state index contributed by atoms with van der Waals surface area (Å²) in [4.78, 5) is 35.0. The van der Waals surface area contributed by atoms with Gasteiger partial charge < -0.3 is 24.6 Å². The van der Waals surface area contributed by atoms with E-state index in [9.17, 15) is 24.2 Å². The molecule has 0 heterocycles. The highest BCUT2D eigenvalue weighted by atomic mass is 31.2. The molecule has 0 aromatic rings. The van der Waals surface area contributed by atoms with Crippen LogP contribution in [-0.2, 0) is 32.7 Å². The molecule has 0 spiro atoms. The minimum Gasteiger partial charge on any atom is -0.462 e. The number of ether oxygens (including phenoxy) is 2. The molecule has 0 aromatic carbocycles. The van der Waals surface area contributed by atoms with Crippen LogP contribution in [0.3, 0.4) is 0 Å². The molecule has 0 bridgehead atoms. The number of carbonyl (C=O) groups excluding carboxylic acids is 2. The van der Waals surface area contributed by atoms with Crippen LogP contribution in [0.25, 0.3) is 0 Å². The van der Waals surface area contributed by atoms with Crippen LogP contribution in [0.1, 0.15) is 206 Å². The lowest BCUT2D eigenvalue weighted by atomic mass is 10.1. The number of aliphatic hydroxyl groups is 2. The number of unbranched alkanes of at least 4 members (excludes halogenated alkanes) is 23. The van der Waals surface area contributed by atoms with Crippen molar-refractivity contribution < 1.29 is 47.8 Å². The average molecular weight is 829 g/mol. The Bertz CT molecular complexity index is 1050. The van der Waals surface area contributed by atoms with Crippen molar-refractivity contribution in [1.29, 1.82) is 0 Å². The maximum atomic E-state index is 12.6. The average Bonchev–Trinajstić information content (AvgIpc) is 3.20. The fraction of sp³-hybridized carbons (Fsp3) is 0.826. The van der Waals surface area contributed by atoms with E-state index < -0.39 is 51.8 Å². The Hall–Kier alpha value is -1.81. The smallest absolute Gasteiger partial charge is 0.462 e. The number of phosphoric acid groups is 1. The minimum absolute atomic E-state index is 0.121. The Morgan fingerprint density at radius 3 is 1.44 bits per heavy atom. The molecule has 0 aliphatic rings. The quantitative estimate of drug-likeness (QED) is 0.0235. The zero-order chi connectivity index (χ0) is 41.9. The molecule has 0 saturated heterocycles.